The summed E-state index contributed by atoms with van der Waals surface area (Å²) in [5, 5.41) is 9.24. The molecule has 1 amide bonds. The van der Waals surface area contributed by atoms with Crippen LogP contribution in [0.4, 0.5) is 4.79 Å². The minimum atomic E-state index is -0.383. The van der Waals surface area contributed by atoms with Gasteiger partial charge >= 0.3 is 6.09 Å². The summed E-state index contributed by atoms with van der Waals surface area (Å²) in [6, 6.07) is 16.8. The van der Waals surface area contributed by atoms with E-state index < -0.39 is 0 Å². The lowest BCUT2D eigenvalue weighted by Gasteiger charge is -2.19. The summed E-state index contributed by atoms with van der Waals surface area (Å²) < 4.78 is 16.8. The van der Waals surface area contributed by atoms with Gasteiger partial charge in [0, 0.05) is 7.11 Å². The third-order valence-corrected chi connectivity index (χ3v) is 4.35. The lowest BCUT2D eigenvalue weighted by atomic mass is 10.2. The molecule has 0 bridgehead atoms. The van der Waals surface area contributed by atoms with Gasteiger partial charge in [-0.25, -0.2) is 4.79 Å². The van der Waals surface area contributed by atoms with E-state index >= 15 is 0 Å². The molecule has 1 heterocycles. The molecule has 2 aromatic rings. The molecular weight excluding hydrogens is 334 g/mol. The van der Waals surface area contributed by atoms with Gasteiger partial charge in [-0.15, -0.1) is 0 Å². The molecule has 6 heteroatoms. The number of nitrogens with zero attached hydrogens (tertiary/aromatic N) is 1. The maximum atomic E-state index is 12.3. The van der Waals surface area contributed by atoms with Gasteiger partial charge in [-0.05, 0) is 23.3 Å². The van der Waals surface area contributed by atoms with Crippen LogP contribution in [0, 0.1) is 0 Å². The second-order valence-corrected chi connectivity index (χ2v) is 6.18. The molecule has 1 saturated heterocycles. The second-order valence-electron chi connectivity index (χ2n) is 6.18. The zero-order chi connectivity index (χ0) is 18.4. The van der Waals surface area contributed by atoms with E-state index in [1.54, 1.807) is 18.1 Å². The smallest absolute Gasteiger partial charge is 0.410 e. The topological polar surface area (TPSA) is 68.2 Å². The highest BCUT2D eigenvalue weighted by molar-refractivity contribution is 5.68. The van der Waals surface area contributed by atoms with Gasteiger partial charge < -0.3 is 24.2 Å². The van der Waals surface area contributed by atoms with Gasteiger partial charge in [0.1, 0.15) is 24.6 Å². The first-order valence-corrected chi connectivity index (χ1v) is 8.54. The number of carbonyl (C=O) groups excluding carboxylic acids is 1. The Balaban J connectivity index is 1.58. The SMILES string of the molecule is CO[C@@H]1CN(C(=O)OCc2ccccc2)C[C@H]1Oc1cccc(CO)c1. The van der Waals surface area contributed by atoms with Crippen LogP contribution in [0.1, 0.15) is 11.1 Å². The van der Waals surface area contributed by atoms with E-state index in [9.17, 15) is 9.90 Å². The van der Waals surface area contributed by atoms with Crippen molar-refractivity contribution in [1.82, 2.24) is 4.90 Å². The molecule has 0 radical (unpaired) electrons. The fraction of sp³-hybridized carbons (Fsp3) is 0.350. The maximum Gasteiger partial charge on any atom is 0.410 e. The van der Waals surface area contributed by atoms with Gasteiger partial charge in [0.25, 0.3) is 0 Å². The van der Waals surface area contributed by atoms with Gasteiger partial charge in [0.05, 0.1) is 19.7 Å². The van der Waals surface area contributed by atoms with E-state index in [2.05, 4.69) is 0 Å². The predicted molar refractivity (Wildman–Crippen MR) is 95.8 cm³/mol. The molecule has 0 aliphatic carbocycles. The molecule has 2 atom stereocenters. The Labute approximate surface area is 152 Å². The first-order valence-electron chi connectivity index (χ1n) is 8.54. The maximum absolute atomic E-state index is 12.3. The number of ether oxygens (including phenoxy) is 3. The summed E-state index contributed by atoms with van der Waals surface area (Å²) in [6.07, 6.45) is -0.915. The zero-order valence-corrected chi connectivity index (χ0v) is 14.7. The number of likely N-dealkylation sites (tertiary alicyclic amines) is 1. The molecule has 6 nitrogen and oxygen atoms in total. The third kappa shape index (κ3) is 4.53. The normalized spacial score (nSPS) is 19.4. The lowest BCUT2D eigenvalue weighted by molar-refractivity contribution is 0.0338. The fourth-order valence-corrected chi connectivity index (χ4v) is 2.94. The number of methoxy groups -OCH3 is 1. The number of aliphatic hydroxyl groups is 1. The standard InChI is InChI=1S/C20H23NO5/c1-24-18-11-21(20(23)25-14-15-6-3-2-4-7-15)12-19(18)26-17-9-5-8-16(10-17)13-22/h2-10,18-19,22H,11-14H2,1H3/t18-,19-/m1/s1. The molecule has 0 spiro atoms. The average molecular weight is 357 g/mol. The Kier molecular flexibility index (Phi) is 6.09. The molecule has 1 aliphatic heterocycles. The van der Waals surface area contributed by atoms with Crippen LogP contribution >= 0.6 is 0 Å². The summed E-state index contributed by atoms with van der Waals surface area (Å²) in [7, 11) is 1.60. The van der Waals surface area contributed by atoms with Crippen molar-refractivity contribution in [2.24, 2.45) is 0 Å². The molecule has 0 aromatic heterocycles. The summed E-state index contributed by atoms with van der Waals surface area (Å²) in [5.74, 6) is 0.642. The minimum Gasteiger partial charge on any atom is -0.486 e. The summed E-state index contributed by atoms with van der Waals surface area (Å²) >= 11 is 0. The molecule has 1 aliphatic rings. The zero-order valence-electron chi connectivity index (χ0n) is 14.7. The van der Waals surface area contributed by atoms with E-state index in [-0.39, 0.29) is 31.5 Å². The summed E-state index contributed by atoms with van der Waals surface area (Å²) in [4.78, 5) is 13.9. The Morgan fingerprint density at radius 1 is 1.08 bits per heavy atom. The Morgan fingerprint density at radius 2 is 1.81 bits per heavy atom. The van der Waals surface area contributed by atoms with Crippen molar-refractivity contribution < 1.29 is 24.1 Å². The molecule has 1 fully saturated rings. The Hall–Kier alpha value is -2.57. The van der Waals surface area contributed by atoms with Crippen LogP contribution in [0.2, 0.25) is 0 Å². The van der Waals surface area contributed by atoms with Gasteiger partial charge in [-0.1, -0.05) is 42.5 Å². The number of carbonyl (C=O) groups is 1. The van der Waals surface area contributed by atoms with E-state index in [1.165, 1.54) is 0 Å². The number of aliphatic hydroxyl groups excluding tert-OH is 1. The van der Waals surface area contributed by atoms with E-state index in [4.69, 9.17) is 14.2 Å². The number of amides is 1. The van der Waals surface area contributed by atoms with Crippen LogP contribution in [-0.4, -0.2) is 48.5 Å². The number of benzene rings is 2. The summed E-state index contributed by atoms with van der Waals surface area (Å²) in [6.45, 7) is 0.982. The highest BCUT2D eigenvalue weighted by Crippen LogP contribution is 2.22. The molecular formula is C20H23NO5. The highest BCUT2D eigenvalue weighted by atomic mass is 16.6. The lowest BCUT2D eigenvalue weighted by Crippen LogP contribution is -2.32. The van der Waals surface area contributed by atoms with Gasteiger partial charge in [-0.3, -0.25) is 0 Å². The van der Waals surface area contributed by atoms with Crippen molar-refractivity contribution in [1.29, 1.82) is 0 Å². The van der Waals surface area contributed by atoms with Crippen molar-refractivity contribution >= 4 is 6.09 Å². The van der Waals surface area contributed by atoms with Gasteiger partial charge in [0.15, 0.2) is 0 Å². The van der Waals surface area contributed by atoms with Crippen LogP contribution < -0.4 is 4.74 Å². The number of rotatable bonds is 6. The molecule has 2 aromatic carbocycles. The summed E-state index contributed by atoms with van der Waals surface area (Å²) in [5.41, 5.74) is 1.71. The van der Waals surface area contributed by atoms with Gasteiger partial charge in [0.2, 0.25) is 0 Å². The molecule has 26 heavy (non-hydrogen) atoms. The van der Waals surface area contributed by atoms with Crippen molar-refractivity contribution in [3.63, 3.8) is 0 Å². The van der Waals surface area contributed by atoms with E-state index in [0.717, 1.165) is 11.1 Å². The third-order valence-electron chi connectivity index (χ3n) is 4.35. The predicted octanol–water partition coefficient (Wildman–Crippen LogP) is 2.59. The first kappa shape index (κ1) is 18.2. The minimum absolute atomic E-state index is 0.0481. The van der Waals surface area contributed by atoms with Crippen molar-refractivity contribution in [3.8, 4) is 5.75 Å². The van der Waals surface area contributed by atoms with Crippen LogP contribution in [-0.2, 0) is 22.7 Å². The monoisotopic (exact) mass is 357 g/mol. The van der Waals surface area contributed by atoms with Crippen LogP contribution in [0.3, 0.4) is 0 Å². The Bertz CT molecular complexity index is 721. The van der Waals surface area contributed by atoms with Crippen molar-refractivity contribution in [2.75, 3.05) is 20.2 Å². The molecule has 3 rings (SSSR count). The quantitative estimate of drug-likeness (QED) is 0.861. The van der Waals surface area contributed by atoms with Crippen LogP contribution in [0.25, 0.3) is 0 Å². The second kappa shape index (κ2) is 8.69. The largest absolute Gasteiger partial charge is 0.486 e. The molecule has 1 N–H and O–H groups in total. The van der Waals surface area contributed by atoms with E-state index in [0.29, 0.717) is 18.8 Å². The van der Waals surface area contributed by atoms with Gasteiger partial charge in [-0.2, -0.15) is 0 Å². The van der Waals surface area contributed by atoms with Crippen molar-refractivity contribution in [2.45, 2.75) is 25.4 Å². The average Bonchev–Trinajstić information content (AvgIpc) is 3.10. The number of hydrogen-bond donors (Lipinski definition) is 1. The highest BCUT2D eigenvalue weighted by Gasteiger charge is 2.37. The molecule has 0 unspecified atom stereocenters. The van der Waals surface area contributed by atoms with E-state index in [1.807, 2.05) is 48.5 Å². The number of hydrogen-bond acceptors (Lipinski definition) is 5. The molecule has 0 saturated carbocycles. The Morgan fingerprint density at radius 3 is 2.54 bits per heavy atom. The first-order chi connectivity index (χ1) is 12.7. The molecule has 138 valence electrons. The van der Waals surface area contributed by atoms with Crippen LogP contribution in [0.5, 0.6) is 5.75 Å². The van der Waals surface area contributed by atoms with Crippen molar-refractivity contribution in [3.05, 3.63) is 65.7 Å². The fourth-order valence-electron chi connectivity index (χ4n) is 2.94. The van der Waals surface area contributed by atoms with Crippen LogP contribution in [0.15, 0.2) is 54.6 Å².